The number of hydrogen-bond donors (Lipinski definition) is 0. The van der Waals surface area contributed by atoms with Gasteiger partial charge in [0.1, 0.15) is 0 Å². The Balaban J connectivity index is 1.49. The molecule has 0 spiro atoms. The maximum absolute atomic E-state index is 5.51. The molecule has 0 unspecified atom stereocenters. The summed E-state index contributed by atoms with van der Waals surface area (Å²) in [5.41, 5.74) is 12.9. The van der Waals surface area contributed by atoms with Gasteiger partial charge in [0, 0.05) is 27.8 Å². The van der Waals surface area contributed by atoms with Gasteiger partial charge in [0.05, 0.1) is 21.8 Å². The van der Waals surface area contributed by atoms with Crippen LogP contribution in [0.15, 0.2) is 109 Å². The zero-order valence-corrected chi connectivity index (χ0v) is 29.5. The van der Waals surface area contributed by atoms with E-state index >= 15 is 0 Å². The van der Waals surface area contributed by atoms with Crippen LogP contribution in [0.1, 0.15) is 63.8 Å². The fourth-order valence-electron chi connectivity index (χ4n) is 6.61. The van der Waals surface area contributed by atoms with Gasteiger partial charge in [0.15, 0.2) is 0 Å². The number of pyridine rings is 2. The van der Waals surface area contributed by atoms with E-state index in [0.717, 1.165) is 33.8 Å². The zero-order chi connectivity index (χ0) is 33.1. The molecule has 0 saturated carbocycles. The van der Waals surface area contributed by atoms with Crippen LogP contribution in [-0.4, -0.2) is 9.97 Å². The van der Waals surface area contributed by atoms with Gasteiger partial charge in [-0.15, -0.1) is 11.3 Å². The minimum absolute atomic E-state index is 0.0208. The number of rotatable bonds is 4. The van der Waals surface area contributed by atoms with Gasteiger partial charge >= 0.3 is 0 Å². The van der Waals surface area contributed by atoms with Crippen molar-refractivity contribution >= 4 is 32.2 Å². The summed E-state index contributed by atoms with van der Waals surface area (Å²) in [4.78, 5) is 11.4. The standard InChI is InChI=1S/C44H42N2S/c1-27-19-30(38-15-11-12-18-45-38)23-31(20-27)39-25-33-26-40(35-17-16-34(21-28(35)2)43(3,4)5)47-42(33)41(46-39)32-22-29-13-9-10-14-36(29)37(24-32)44(6,7)8/h9-26H,1-8H3. The van der Waals surface area contributed by atoms with Crippen LogP contribution in [0.2, 0.25) is 0 Å². The van der Waals surface area contributed by atoms with E-state index in [1.165, 1.54) is 53.6 Å². The third-order valence-corrected chi connectivity index (χ3v) is 10.3. The average molecular weight is 631 g/mol. The van der Waals surface area contributed by atoms with E-state index in [1.54, 1.807) is 0 Å². The largest absolute Gasteiger partial charge is 0.256 e. The molecule has 0 fully saturated rings. The Morgan fingerprint density at radius 1 is 0.596 bits per heavy atom. The van der Waals surface area contributed by atoms with Crippen molar-refractivity contribution in [3.8, 4) is 44.2 Å². The molecule has 47 heavy (non-hydrogen) atoms. The Morgan fingerprint density at radius 3 is 2.04 bits per heavy atom. The van der Waals surface area contributed by atoms with Crippen molar-refractivity contribution in [2.24, 2.45) is 0 Å². The highest BCUT2D eigenvalue weighted by molar-refractivity contribution is 7.22. The van der Waals surface area contributed by atoms with E-state index in [2.05, 4.69) is 151 Å². The maximum Gasteiger partial charge on any atom is 0.0888 e. The number of hydrogen-bond acceptors (Lipinski definition) is 3. The molecular formula is C44H42N2S. The number of aromatic nitrogens is 2. The number of thiophene rings is 1. The lowest BCUT2D eigenvalue weighted by molar-refractivity contribution is 0.590. The van der Waals surface area contributed by atoms with Crippen LogP contribution < -0.4 is 0 Å². The molecule has 0 radical (unpaired) electrons. The number of benzene rings is 4. The van der Waals surface area contributed by atoms with Crippen LogP contribution in [0.5, 0.6) is 0 Å². The molecule has 0 atom stereocenters. The first-order valence-corrected chi connectivity index (χ1v) is 17.3. The van der Waals surface area contributed by atoms with E-state index in [-0.39, 0.29) is 10.8 Å². The lowest BCUT2D eigenvalue weighted by Crippen LogP contribution is -2.12. The summed E-state index contributed by atoms with van der Waals surface area (Å²) in [5, 5.41) is 3.76. The normalized spacial score (nSPS) is 12.3. The number of fused-ring (bicyclic) bond motifs is 2. The second-order valence-corrected chi connectivity index (χ2v) is 16.0. The quantitative estimate of drug-likeness (QED) is 0.193. The molecule has 3 heteroatoms. The van der Waals surface area contributed by atoms with Gasteiger partial charge in [0.25, 0.3) is 0 Å². The molecule has 234 valence electrons. The van der Waals surface area contributed by atoms with Gasteiger partial charge in [-0.1, -0.05) is 90.1 Å². The summed E-state index contributed by atoms with van der Waals surface area (Å²) in [6.45, 7) is 18.1. The third-order valence-electron chi connectivity index (χ3n) is 9.14. The highest BCUT2D eigenvalue weighted by Crippen LogP contribution is 2.44. The first-order valence-electron chi connectivity index (χ1n) is 16.5. The van der Waals surface area contributed by atoms with Crippen molar-refractivity contribution in [3.05, 3.63) is 132 Å². The maximum atomic E-state index is 5.51. The monoisotopic (exact) mass is 630 g/mol. The molecular weight excluding hydrogens is 589 g/mol. The zero-order valence-electron chi connectivity index (χ0n) is 28.7. The van der Waals surface area contributed by atoms with Crippen molar-refractivity contribution in [2.75, 3.05) is 0 Å². The summed E-state index contributed by atoms with van der Waals surface area (Å²) >= 11 is 1.85. The van der Waals surface area contributed by atoms with Crippen LogP contribution in [0.4, 0.5) is 0 Å². The second kappa shape index (κ2) is 11.6. The Bertz CT molecular complexity index is 2280. The Hall–Kier alpha value is -4.60. The Kier molecular flexibility index (Phi) is 7.64. The fourth-order valence-corrected chi connectivity index (χ4v) is 7.85. The van der Waals surface area contributed by atoms with Crippen LogP contribution in [0, 0.1) is 13.8 Å². The summed E-state index contributed by atoms with van der Waals surface area (Å²) in [7, 11) is 0. The third kappa shape index (κ3) is 6.01. The highest BCUT2D eigenvalue weighted by atomic mass is 32.1. The van der Waals surface area contributed by atoms with Gasteiger partial charge in [-0.05, 0) is 123 Å². The smallest absolute Gasteiger partial charge is 0.0888 e. The van der Waals surface area contributed by atoms with Gasteiger partial charge in [-0.2, -0.15) is 0 Å². The summed E-state index contributed by atoms with van der Waals surface area (Å²) in [6.07, 6.45) is 1.86. The number of nitrogens with zero attached hydrogens (tertiary/aromatic N) is 2. The predicted octanol–water partition coefficient (Wildman–Crippen LogP) is 12.7. The predicted molar refractivity (Wildman–Crippen MR) is 204 cm³/mol. The molecule has 0 aliphatic heterocycles. The summed E-state index contributed by atoms with van der Waals surface area (Å²) < 4.78 is 1.22. The van der Waals surface area contributed by atoms with Crippen molar-refractivity contribution in [1.29, 1.82) is 0 Å². The summed E-state index contributed by atoms with van der Waals surface area (Å²) in [5.74, 6) is 0. The van der Waals surface area contributed by atoms with Crippen molar-refractivity contribution < 1.29 is 0 Å². The van der Waals surface area contributed by atoms with Crippen LogP contribution in [0.3, 0.4) is 0 Å². The molecule has 0 amide bonds. The van der Waals surface area contributed by atoms with E-state index in [9.17, 15) is 0 Å². The Labute approximate surface area is 283 Å². The molecule has 7 aromatic rings. The van der Waals surface area contributed by atoms with Gasteiger partial charge in [-0.25, -0.2) is 4.98 Å². The van der Waals surface area contributed by atoms with E-state index < -0.39 is 0 Å². The van der Waals surface area contributed by atoms with E-state index in [4.69, 9.17) is 4.98 Å². The topological polar surface area (TPSA) is 25.8 Å². The molecule has 3 heterocycles. The second-order valence-electron chi connectivity index (χ2n) is 15.0. The van der Waals surface area contributed by atoms with E-state index in [0.29, 0.717) is 0 Å². The fraction of sp³-hybridized carbons (Fsp3) is 0.227. The minimum atomic E-state index is -0.0208. The molecule has 4 aromatic carbocycles. The van der Waals surface area contributed by atoms with Gasteiger partial charge < -0.3 is 0 Å². The number of aryl methyl sites for hydroxylation is 2. The van der Waals surface area contributed by atoms with E-state index in [1.807, 2.05) is 29.7 Å². The van der Waals surface area contributed by atoms with Crippen molar-refractivity contribution in [1.82, 2.24) is 9.97 Å². The molecule has 7 rings (SSSR count). The van der Waals surface area contributed by atoms with Gasteiger partial charge in [-0.3, -0.25) is 4.98 Å². The van der Waals surface area contributed by atoms with Crippen LogP contribution >= 0.6 is 11.3 Å². The molecule has 0 aliphatic carbocycles. The minimum Gasteiger partial charge on any atom is -0.256 e. The highest BCUT2D eigenvalue weighted by Gasteiger charge is 2.22. The lowest BCUT2D eigenvalue weighted by Gasteiger charge is -2.23. The van der Waals surface area contributed by atoms with Gasteiger partial charge in [0.2, 0.25) is 0 Å². The first kappa shape index (κ1) is 31.0. The van der Waals surface area contributed by atoms with Crippen LogP contribution in [0.25, 0.3) is 65.1 Å². The molecule has 2 nitrogen and oxygen atoms in total. The molecule has 0 N–H and O–H groups in total. The van der Waals surface area contributed by atoms with Crippen molar-refractivity contribution in [2.45, 2.75) is 66.2 Å². The molecule has 0 bridgehead atoms. The van der Waals surface area contributed by atoms with Crippen molar-refractivity contribution in [3.63, 3.8) is 0 Å². The summed E-state index contributed by atoms with van der Waals surface area (Å²) in [6, 6.07) is 37.8. The molecule has 0 saturated heterocycles. The first-order chi connectivity index (χ1) is 22.3. The molecule has 3 aromatic heterocycles. The molecule has 0 aliphatic rings. The lowest BCUT2D eigenvalue weighted by atomic mass is 9.82. The Morgan fingerprint density at radius 2 is 1.34 bits per heavy atom. The SMILES string of the molecule is Cc1cc(-c2ccccn2)cc(-c2cc3cc(-c4ccc(C(C)(C)C)cc4C)sc3c(-c3cc(C(C)(C)C)c4ccccc4c3)n2)c1. The average Bonchev–Trinajstić information content (AvgIpc) is 3.47. The van der Waals surface area contributed by atoms with Crippen LogP contribution in [-0.2, 0) is 10.8 Å².